The van der Waals surface area contributed by atoms with Crippen LogP contribution in [-0.4, -0.2) is 11.1 Å². The third kappa shape index (κ3) is 2.71. The minimum atomic E-state index is -1.07. The number of furan rings is 1. The van der Waals surface area contributed by atoms with Crippen molar-refractivity contribution in [3.8, 4) is 0 Å². The summed E-state index contributed by atoms with van der Waals surface area (Å²) in [6, 6.07) is 14.5. The van der Waals surface area contributed by atoms with Crippen LogP contribution in [0.25, 0.3) is 11.0 Å². The van der Waals surface area contributed by atoms with Crippen molar-refractivity contribution in [3.63, 3.8) is 0 Å². The average Bonchev–Trinajstić information content (AvgIpc) is 2.84. The highest BCUT2D eigenvalue weighted by molar-refractivity contribution is 6.30. The molecule has 0 fully saturated rings. The van der Waals surface area contributed by atoms with Gasteiger partial charge in [-0.2, -0.15) is 0 Å². The van der Waals surface area contributed by atoms with Crippen LogP contribution in [0.4, 0.5) is 5.69 Å². The second-order valence-electron chi connectivity index (χ2n) is 4.57. The van der Waals surface area contributed by atoms with Crippen LogP contribution < -0.4 is 5.32 Å². The van der Waals surface area contributed by atoms with Crippen LogP contribution in [0.5, 0.6) is 0 Å². The number of halogens is 1. The van der Waals surface area contributed by atoms with Gasteiger partial charge in [0, 0.05) is 28.2 Å². The molecule has 0 radical (unpaired) electrons. The molecule has 5 heteroatoms. The first kappa shape index (κ1) is 13.5. The summed E-state index contributed by atoms with van der Waals surface area (Å²) >= 11 is 5.93. The molecule has 0 spiro atoms. The highest BCUT2D eigenvalue weighted by atomic mass is 35.5. The number of carbonyl (C=O) groups is 1. The van der Waals surface area contributed by atoms with E-state index in [1.165, 1.54) is 0 Å². The lowest BCUT2D eigenvalue weighted by atomic mass is 10.1. The zero-order valence-corrected chi connectivity index (χ0v) is 11.7. The summed E-state index contributed by atoms with van der Waals surface area (Å²) in [5.74, 6) is -1.11. The monoisotopic (exact) mass is 301 g/mol. The van der Waals surface area contributed by atoms with Gasteiger partial charge in [-0.3, -0.25) is 0 Å². The maximum absolute atomic E-state index is 11.3. The molecule has 3 aromatic rings. The Balaban J connectivity index is 1.95. The van der Waals surface area contributed by atoms with Crippen molar-refractivity contribution >= 4 is 34.2 Å². The van der Waals surface area contributed by atoms with E-state index in [-0.39, 0.29) is 5.76 Å². The summed E-state index contributed by atoms with van der Waals surface area (Å²) in [6.07, 6.45) is 0. The Labute approximate surface area is 126 Å². The summed E-state index contributed by atoms with van der Waals surface area (Å²) < 4.78 is 5.41. The molecule has 21 heavy (non-hydrogen) atoms. The lowest BCUT2D eigenvalue weighted by Crippen LogP contribution is -2.05. The number of benzene rings is 2. The summed E-state index contributed by atoms with van der Waals surface area (Å²) in [6.45, 7) is 0.346. The van der Waals surface area contributed by atoms with Crippen molar-refractivity contribution in [1.82, 2.24) is 0 Å². The van der Waals surface area contributed by atoms with Crippen LogP contribution in [0.3, 0.4) is 0 Å². The van der Waals surface area contributed by atoms with Gasteiger partial charge in [-0.25, -0.2) is 4.79 Å². The first-order chi connectivity index (χ1) is 10.1. The summed E-state index contributed by atoms with van der Waals surface area (Å²) in [7, 11) is 0. The molecule has 1 aromatic heterocycles. The van der Waals surface area contributed by atoms with Crippen LogP contribution in [0.1, 0.15) is 16.1 Å². The summed E-state index contributed by atoms with van der Waals surface area (Å²) in [4.78, 5) is 11.3. The Morgan fingerprint density at radius 2 is 2.00 bits per heavy atom. The highest BCUT2D eigenvalue weighted by Crippen LogP contribution is 2.27. The van der Waals surface area contributed by atoms with Crippen molar-refractivity contribution in [2.45, 2.75) is 6.54 Å². The number of nitrogens with one attached hydrogen (secondary N) is 1. The van der Waals surface area contributed by atoms with E-state index in [1.54, 1.807) is 18.2 Å². The number of rotatable bonds is 4. The van der Waals surface area contributed by atoms with Crippen LogP contribution in [-0.2, 0) is 6.54 Å². The Hall–Kier alpha value is -2.46. The van der Waals surface area contributed by atoms with Gasteiger partial charge < -0.3 is 14.8 Å². The number of para-hydroxylation sites is 1. The standard InChI is InChI=1S/C16H12ClNO3/c17-10-4-3-5-11(8-10)18-9-13-12-6-1-2-7-14(12)21-15(13)16(19)20/h1-8,18H,9H2,(H,19,20). The van der Waals surface area contributed by atoms with Crippen molar-refractivity contribution in [2.75, 3.05) is 5.32 Å². The predicted octanol–water partition coefficient (Wildman–Crippen LogP) is 4.40. The fourth-order valence-electron chi connectivity index (χ4n) is 2.24. The smallest absolute Gasteiger partial charge is 0.372 e. The largest absolute Gasteiger partial charge is 0.475 e. The Morgan fingerprint density at radius 1 is 1.19 bits per heavy atom. The van der Waals surface area contributed by atoms with E-state index in [4.69, 9.17) is 16.0 Å². The number of anilines is 1. The number of fused-ring (bicyclic) bond motifs is 1. The predicted molar refractivity (Wildman–Crippen MR) is 82.0 cm³/mol. The highest BCUT2D eigenvalue weighted by Gasteiger charge is 2.19. The molecule has 4 nitrogen and oxygen atoms in total. The zero-order valence-electron chi connectivity index (χ0n) is 11.0. The Morgan fingerprint density at radius 3 is 2.76 bits per heavy atom. The molecule has 0 aliphatic rings. The second kappa shape index (κ2) is 5.50. The molecular weight excluding hydrogens is 290 g/mol. The van der Waals surface area contributed by atoms with Gasteiger partial charge >= 0.3 is 5.97 Å². The average molecular weight is 302 g/mol. The van der Waals surface area contributed by atoms with Gasteiger partial charge in [0.25, 0.3) is 0 Å². The lowest BCUT2D eigenvalue weighted by Gasteiger charge is -2.06. The molecule has 1 heterocycles. The van der Waals surface area contributed by atoms with Crippen molar-refractivity contribution < 1.29 is 14.3 Å². The number of aromatic carboxylic acids is 1. The number of carboxylic acids is 1. The van der Waals surface area contributed by atoms with Gasteiger partial charge in [-0.1, -0.05) is 35.9 Å². The fourth-order valence-corrected chi connectivity index (χ4v) is 2.43. The zero-order chi connectivity index (χ0) is 14.8. The van der Waals surface area contributed by atoms with E-state index in [9.17, 15) is 9.90 Å². The molecule has 0 saturated heterocycles. The quantitative estimate of drug-likeness (QED) is 0.750. The number of hydrogen-bond donors (Lipinski definition) is 2. The van der Waals surface area contributed by atoms with E-state index in [1.807, 2.05) is 30.3 Å². The minimum Gasteiger partial charge on any atom is -0.475 e. The van der Waals surface area contributed by atoms with Gasteiger partial charge in [0.15, 0.2) is 0 Å². The number of carboxylic acid groups (broad SMARTS) is 1. The van der Waals surface area contributed by atoms with Crippen molar-refractivity contribution in [1.29, 1.82) is 0 Å². The normalized spacial score (nSPS) is 10.7. The van der Waals surface area contributed by atoms with Crippen LogP contribution in [0.15, 0.2) is 52.9 Å². The van der Waals surface area contributed by atoms with Gasteiger partial charge in [0.2, 0.25) is 5.76 Å². The third-order valence-electron chi connectivity index (χ3n) is 3.19. The Kier molecular flexibility index (Phi) is 3.54. The molecule has 106 valence electrons. The molecule has 0 aliphatic heterocycles. The molecule has 0 bridgehead atoms. The van der Waals surface area contributed by atoms with Crippen molar-refractivity contribution in [3.05, 3.63) is 64.9 Å². The van der Waals surface area contributed by atoms with Crippen LogP contribution in [0, 0.1) is 0 Å². The Bertz CT molecular complexity index is 810. The van der Waals surface area contributed by atoms with Gasteiger partial charge in [-0.15, -0.1) is 0 Å². The van der Waals surface area contributed by atoms with Crippen LogP contribution in [0.2, 0.25) is 5.02 Å². The molecule has 0 unspecified atom stereocenters. The molecule has 3 rings (SSSR count). The maximum atomic E-state index is 11.3. The fraction of sp³-hybridized carbons (Fsp3) is 0.0625. The molecule has 0 atom stereocenters. The van der Waals surface area contributed by atoms with Crippen molar-refractivity contribution in [2.24, 2.45) is 0 Å². The molecular formula is C16H12ClNO3. The molecule has 0 saturated carbocycles. The lowest BCUT2D eigenvalue weighted by molar-refractivity contribution is 0.0663. The molecule has 2 N–H and O–H groups in total. The minimum absolute atomic E-state index is 0.0364. The molecule has 0 aliphatic carbocycles. The summed E-state index contributed by atoms with van der Waals surface area (Å²) in [5.41, 5.74) is 2.01. The molecule has 0 amide bonds. The van der Waals surface area contributed by atoms with Gasteiger partial charge in [0.1, 0.15) is 5.58 Å². The van der Waals surface area contributed by atoms with E-state index < -0.39 is 5.97 Å². The first-order valence-corrected chi connectivity index (χ1v) is 6.76. The first-order valence-electron chi connectivity index (χ1n) is 6.38. The summed E-state index contributed by atoms with van der Waals surface area (Å²) in [5, 5.41) is 13.8. The number of hydrogen-bond acceptors (Lipinski definition) is 3. The third-order valence-corrected chi connectivity index (χ3v) is 3.42. The van der Waals surface area contributed by atoms with E-state index in [0.717, 1.165) is 11.1 Å². The maximum Gasteiger partial charge on any atom is 0.372 e. The second-order valence-corrected chi connectivity index (χ2v) is 5.01. The van der Waals surface area contributed by atoms with Crippen LogP contribution >= 0.6 is 11.6 Å². The van der Waals surface area contributed by atoms with E-state index in [0.29, 0.717) is 22.7 Å². The molecule has 2 aromatic carbocycles. The topological polar surface area (TPSA) is 62.5 Å². The SMILES string of the molecule is O=C(O)c1oc2ccccc2c1CNc1cccc(Cl)c1. The van der Waals surface area contributed by atoms with E-state index in [2.05, 4.69) is 5.32 Å². The van der Waals surface area contributed by atoms with Gasteiger partial charge in [0.05, 0.1) is 0 Å². The van der Waals surface area contributed by atoms with Gasteiger partial charge in [-0.05, 0) is 24.3 Å². The van der Waals surface area contributed by atoms with E-state index >= 15 is 0 Å².